The van der Waals surface area contributed by atoms with Gasteiger partial charge in [-0.25, -0.2) is 4.52 Å². The number of rotatable bonds is 1. The first-order valence-electron chi connectivity index (χ1n) is 6.20. The predicted octanol–water partition coefficient (Wildman–Crippen LogP) is 1.69. The zero-order valence-corrected chi connectivity index (χ0v) is 9.84. The van der Waals surface area contributed by atoms with E-state index in [0.29, 0.717) is 5.95 Å². The number of nitrogen functional groups attached to an aromatic ring is 1. The Kier molecular flexibility index (Phi) is 2.59. The van der Waals surface area contributed by atoms with Crippen molar-refractivity contribution < 1.29 is 0 Å². The van der Waals surface area contributed by atoms with Gasteiger partial charge in [-0.2, -0.15) is 4.98 Å². The molecule has 17 heavy (non-hydrogen) atoms. The molecule has 3 heterocycles. The zero-order chi connectivity index (χ0) is 11.7. The molecule has 0 aliphatic carbocycles. The Labute approximate surface area is 100 Å². The fourth-order valence-electron chi connectivity index (χ4n) is 2.47. The van der Waals surface area contributed by atoms with E-state index in [9.17, 15) is 0 Å². The topological polar surface area (TPSA) is 59.5 Å². The fraction of sp³-hybridized carbons (Fsp3) is 0.500. The minimum Gasteiger partial charge on any atom is -0.368 e. The molecule has 0 aromatic carbocycles. The molecule has 0 unspecified atom stereocenters. The van der Waals surface area contributed by atoms with Gasteiger partial charge in [0.1, 0.15) is 0 Å². The average molecular weight is 231 g/mol. The van der Waals surface area contributed by atoms with E-state index in [2.05, 4.69) is 21.0 Å². The summed E-state index contributed by atoms with van der Waals surface area (Å²) in [6.45, 7) is 2.21. The van der Waals surface area contributed by atoms with Crippen LogP contribution in [0.2, 0.25) is 0 Å². The lowest BCUT2D eigenvalue weighted by molar-refractivity contribution is 0.726. The number of nitrogens with two attached hydrogens (primary N) is 1. The van der Waals surface area contributed by atoms with E-state index >= 15 is 0 Å². The number of anilines is 2. The van der Waals surface area contributed by atoms with Crippen LogP contribution in [0.15, 0.2) is 18.3 Å². The maximum absolute atomic E-state index is 5.66. The Hall–Kier alpha value is -1.78. The highest BCUT2D eigenvalue weighted by atomic mass is 15.3. The van der Waals surface area contributed by atoms with Gasteiger partial charge in [0.2, 0.25) is 5.95 Å². The summed E-state index contributed by atoms with van der Waals surface area (Å²) in [5, 5.41) is 4.15. The Morgan fingerprint density at radius 1 is 1.12 bits per heavy atom. The van der Waals surface area contributed by atoms with Gasteiger partial charge in [0.05, 0.1) is 5.69 Å². The third kappa shape index (κ3) is 1.92. The van der Waals surface area contributed by atoms with Gasteiger partial charge >= 0.3 is 0 Å². The van der Waals surface area contributed by atoms with Gasteiger partial charge in [-0.15, -0.1) is 5.10 Å². The van der Waals surface area contributed by atoms with Crippen LogP contribution in [0, 0.1) is 0 Å². The van der Waals surface area contributed by atoms with Gasteiger partial charge < -0.3 is 10.6 Å². The molecular formula is C12H17N5. The molecule has 0 saturated carbocycles. The van der Waals surface area contributed by atoms with Crippen LogP contribution in [0.5, 0.6) is 0 Å². The van der Waals surface area contributed by atoms with Gasteiger partial charge in [0, 0.05) is 19.3 Å². The first-order chi connectivity index (χ1) is 8.34. The SMILES string of the molecule is Nc1nc2c(N3CCCCCC3)cccn2n1. The Bertz CT molecular complexity index is 511. The summed E-state index contributed by atoms with van der Waals surface area (Å²) in [6.07, 6.45) is 7.05. The Morgan fingerprint density at radius 3 is 2.65 bits per heavy atom. The molecule has 3 rings (SSSR count). The fourth-order valence-corrected chi connectivity index (χ4v) is 2.47. The summed E-state index contributed by atoms with van der Waals surface area (Å²) in [7, 11) is 0. The van der Waals surface area contributed by atoms with Crippen molar-refractivity contribution in [2.75, 3.05) is 23.7 Å². The van der Waals surface area contributed by atoms with Crippen LogP contribution in [0.1, 0.15) is 25.7 Å². The van der Waals surface area contributed by atoms with Gasteiger partial charge in [-0.05, 0) is 25.0 Å². The highest BCUT2D eigenvalue weighted by Crippen LogP contribution is 2.23. The maximum Gasteiger partial charge on any atom is 0.240 e. The number of hydrogen-bond donors (Lipinski definition) is 1. The molecule has 0 spiro atoms. The van der Waals surface area contributed by atoms with E-state index in [1.165, 1.54) is 25.7 Å². The van der Waals surface area contributed by atoms with Crippen LogP contribution in [-0.2, 0) is 0 Å². The molecule has 0 radical (unpaired) electrons. The second-order valence-electron chi connectivity index (χ2n) is 4.53. The maximum atomic E-state index is 5.66. The number of pyridine rings is 1. The van der Waals surface area contributed by atoms with E-state index in [0.717, 1.165) is 24.4 Å². The van der Waals surface area contributed by atoms with Crippen LogP contribution < -0.4 is 10.6 Å². The third-order valence-corrected chi connectivity index (χ3v) is 3.30. The average Bonchev–Trinajstić information content (AvgIpc) is 2.55. The smallest absolute Gasteiger partial charge is 0.240 e. The molecule has 0 amide bonds. The number of aromatic nitrogens is 3. The Balaban J connectivity index is 2.03. The molecule has 2 N–H and O–H groups in total. The third-order valence-electron chi connectivity index (χ3n) is 3.30. The molecule has 1 fully saturated rings. The van der Waals surface area contributed by atoms with E-state index in [4.69, 9.17) is 5.73 Å². The highest BCUT2D eigenvalue weighted by molar-refractivity contribution is 5.69. The summed E-state index contributed by atoms with van der Waals surface area (Å²) < 4.78 is 1.76. The molecule has 1 aliphatic heterocycles. The van der Waals surface area contributed by atoms with Crippen LogP contribution in [0.4, 0.5) is 11.6 Å². The second-order valence-corrected chi connectivity index (χ2v) is 4.53. The van der Waals surface area contributed by atoms with Crippen LogP contribution in [-0.4, -0.2) is 27.7 Å². The summed E-state index contributed by atoms with van der Waals surface area (Å²) in [4.78, 5) is 6.71. The quantitative estimate of drug-likeness (QED) is 0.811. The highest BCUT2D eigenvalue weighted by Gasteiger charge is 2.14. The van der Waals surface area contributed by atoms with E-state index in [-0.39, 0.29) is 0 Å². The Morgan fingerprint density at radius 2 is 1.88 bits per heavy atom. The first kappa shape index (κ1) is 10.4. The summed E-state index contributed by atoms with van der Waals surface area (Å²) in [6, 6.07) is 4.11. The minimum atomic E-state index is 0.340. The monoisotopic (exact) mass is 231 g/mol. The van der Waals surface area contributed by atoms with Gasteiger partial charge in [0.25, 0.3) is 0 Å². The van der Waals surface area contributed by atoms with E-state index in [1.807, 2.05) is 12.3 Å². The van der Waals surface area contributed by atoms with Crippen molar-refractivity contribution in [2.45, 2.75) is 25.7 Å². The number of fused-ring (bicyclic) bond motifs is 1. The molecule has 2 aromatic heterocycles. The summed E-state index contributed by atoms with van der Waals surface area (Å²) in [5.41, 5.74) is 7.68. The second kappa shape index (κ2) is 4.24. The number of nitrogens with zero attached hydrogens (tertiary/aromatic N) is 4. The van der Waals surface area contributed by atoms with Crippen LogP contribution in [0.25, 0.3) is 5.65 Å². The van der Waals surface area contributed by atoms with Crippen LogP contribution >= 0.6 is 0 Å². The van der Waals surface area contributed by atoms with Crippen molar-refractivity contribution in [3.63, 3.8) is 0 Å². The lowest BCUT2D eigenvalue weighted by Gasteiger charge is -2.22. The van der Waals surface area contributed by atoms with Crippen molar-refractivity contribution in [2.24, 2.45) is 0 Å². The molecule has 0 bridgehead atoms. The molecule has 5 heteroatoms. The lowest BCUT2D eigenvalue weighted by Crippen LogP contribution is -2.24. The van der Waals surface area contributed by atoms with Gasteiger partial charge in [-0.3, -0.25) is 0 Å². The number of hydrogen-bond acceptors (Lipinski definition) is 4. The standard InChI is InChI=1S/C12H17N5/c13-12-14-11-10(6-5-9-17(11)15-12)16-7-3-1-2-4-8-16/h5-6,9H,1-4,7-8H2,(H2,13,15). The van der Waals surface area contributed by atoms with Gasteiger partial charge in [0.15, 0.2) is 5.65 Å². The molecule has 5 nitrogen and oxygen atoms in total. The van der Waals surface area contributed by atoms with Crippen molar-refractivity contribution in [3.8, 4) is 0 Å². The summed E-state index contributed by atoms with van der Waals surface area (Å²) in [5.74, 6) is 0.340. The van der Waals surface area contributed by atoms with Crippen molar-refractivity contribution in [1.82, 2.24) is 14.6 Å². The van der Waals surface area contributed by atoms with Crippen molar-refractivity contribution >= 4 is 17.3 Å². The molecule has 1 saturated heterocycles. The lowest BCUT2D eigenvalue weighted by atomic mass is 10.2. The predicted molar refractivity (Wildman–Crippen MR) is 68.1 cm³/mol. The molecule has 90 valence electrons. The van der Waals surface area contributed by atoms with E-state index < -0.39 is 0 Å². The molecular weight excluding hydrogens is 214 g/mol. The summed E-state index contributed by atoms with van der Waals surface area (Å²) >= 11 is 0. The zero-order valence-electron chi connectivity index (χ0n) is 9.84. The minimum absolute atomic E-state index is 0.340. The molecule has 0 atom stereocenters. The first-order valence-corrected chi connectivity index (χ1v) is 6.20. The van der Waals surface area contributed by atoms with Crippen LogP contribution in [0.3, 0.4) is 0 Å². The normalized spacial score (nSPS) is 17.3. The van der Waals surface area contributed by atoms with Gasteiger partial charge in [-0.1, -0.05) is 12.8 Å². The van der Waals surface area contributed by atoms with Crippen molar-refractivity contribution in [1.29, 1.82) is 0 Å². The molecule has 1 aliphatic rings. The largest absolute Gasteiger partial charge is 0.368 e. The molecule has 2 aromatic rings. The van der Waals surface area contributed by atoms with Crippen molar-refractivity contribution in [3.05, 3.63) is 18.3 Å². The van der Waals surface area contributed by atoms with E-state index in [1.54, 1.807) is 4.52 Å².